The molecule has 0 saturated heterocycles. The molecule has 2 aromatic heterocycles. The number of halogens is 6. The number of pyridine rings is 1. The van der Waals surface area contributed by atoms with Crippen molar-refractivity contribution in [2.24, 2.45) is 0 Å². The summed E-state index contributed by atoms with van der Waals surface area (Å²) >= 11 is 0. The first kappa shape index (κ1) is 16.0. The van der Waals surface area contributed by atoms with E-state index < -0.39 is 24.3 Å². The van der Waals surface area contributed by atoms with Crippen LogP contribution >= 0.6 is 0 Å². The Hall–Kier alpha value is -0.0287. The molecule has 0 aromatic carbocycles. The molecule has 0 unspecified atom stereocenters. The van der Waals surface area contributed by atoms with Crippen molar-refractivity contribution in [3.63, 3.8) is 0 Å². The fraction of sp³-hybridized carbons (Fsp3) is 0.125. The molecular weight excluding hydrogens is 288 g/mol. The third kappa shape index (κ3) is 3.29. The van der Waals surface area contributed by atoms with E-state index in [1.165, 1.54) is 0 Å². The maximum atomic E-state index is 12.4. The largest absolute Gasteiger partial charge is 1.00 e. The molecule has 2 rings (SSSR count). The van der Waals surface area contributed by atoms with E-state index in [0.717, 1.165) is 16.7 Å². The summed E-state index contributed by atoms with van der Waals surface area (Å²) in [5.74, 6) is 0. The van der Waals surface area contributed by atoms with Crippen molar-refractivity contribution in [3.8, 4) is 0 Å². The molecule has 0 spiro atoms. The normalized spacial score (nSPS) is 12.6. The summed E-state index contributed by atoms with van der Waals surface area (Å²) < 4.78 is 74.8. The van der Waals surface area contributed by atoms with E-state index in [1.807, 2.05) is 0 Å². The number of imidazole rings is 1. The molecule has 10 heteroatoms. The molecule has 0 saturated carbocycles. The topological polar surface area (TPSA) is 17.3 Å². The minimum Gasteiger partial charge on any atom is -0.445 e. The van der Waals surface area contributed by atoms with E-state index in [1.54, 1.807) is 0 Å². The van der Waals surface area contributed by atoms with Crippen LogP contribution in [0.25, 0.3) is 5.65 Å². The number of aromatic nitrogens is 2. The van der Waals surface area contributed by atoms with E-state index in [9.17, 15) is 26.1 Å². The van der Waals surface area contributed by atoms with Gasteiger partial charge in [0, 0.05) is 12.4 Å². The van der Waals surface area contributed by atoms with Crippen LogP contribution in [0.3, 0.4) is 0 Å². The molecule has 0 fully saturated rings. The molecule has 2 heterocycles. The number of alkyl halides is 3. The van der Waals surface area contributed by atoms with Gasteiger partial charge < -0.3 is 17.3 Å². The summed E-state index contributed by atoms with van der Waals surface area (Å²) in [6.07, 6.45) is -3.12. The molecule has 0 aliphatic rings. The Morgan fingerprint density at radius 2 is 1.78 bits per heavy atom. The summed E-state index contributed by atoms with van der Waals surface area (Å²) in [4.78, 5) is 3.11. The average Bonchev–Trinajstić information content (AvgIpc) is 2.57. The molecule has 0 N–H and O–H groups in total. The van der Waals surface area contributed by atoms with Gasteiger partial charge >= 0.3 is 64.5 Å². The Labute approximate surface area is 140 Å². The second kappa shape index (κ2) is 5.16. The van der Waals surface area contributed by atoms with E-state index in [-0.39, 0.29) is 57.0 Å². The number of hydrogen-bond acceptors (Lipinski definition) is 1. The Balaban J connectivity index is 0.00000162. The molecular formula is C8H4BF6KN2. The predicted octanol–water partition coefficient (Wildman–Crippen LogP) is -0.589. The van der Waals surface area contributed by atoms with Crippen LogP contribution in [0.15, 0.2) is 24.5 Å². The number of fused-ring (bicyclic) bond motifs is 1. The standard InChI is InChI=1S/C8H4BF6N2.K/c10-8(11,12)6-4-17-2-1-5(9(13,14)15)3-7(17)16-6;/h1-4H;/q-1;+1. The predicted molar refractivity (Wildman–Crippen MR) is 48.9 cm³/mol. The molecule has 92 valence electrons. The van der Waals surface area contributed by atoms with Crippen molar-refractivity contribution in [1.82, 2.24) is 9.38 Å². The minimum absolute atomic E-state index is 0. The first-order valence-electron chi connectivity index (χ1n) is 4.44. The fourth-order valence-electron chi connectivity index (χ4n) is 1.34. The Bertz CT molecular complexity index is 549. The molecule has 18 heavy (non-hydrogen) atoms. The van der Waals surface area contributed by atoms with Gasteiger partial charge in [0.15, 0.2) is 5.69 Å². The fourth-order valence-corrected chi connectivity index (χ4v) is 1.34. The molecule has 0 aliphatic heterocycles. The number of hydrogen-bond donors (Lipinski definition) is 0. The minimum atomic E-state index is -5.24. The third-order valence-corrected chi connectivity index (χ3v) is 2.15. The van der Waals surface area contributed by atoms with Crippen molar-refractivity contribution in [1.29, 1.82) is 0 Å². The van der Waals surface area contributed by atoms with Crippen LogP contribution in [-0.2, 0) is 6.18 Å². The van der Waals surface area contributed by atoms with Crippen LogP contribution in [0.5, 0.6) is 0 Å². The van der Waals surface area contributed by atoms with E-state index in [4.69, 9.17) is 0 Å². The van der Waals surface area contributed by atoms with E-state index >= 15 is 0 Å². The van der Waals surface area contributed by atoms with Crippen LogP contribution < -0.4 is 56.8 Å². The van der Waals surface area contributed by atoms with E-state index in [2.05, 4.69) is 4.98 Å². The van der Waals surface area contributed by atoms with Crippen molar-refractivity contribution in [2.45, 2.75) is 6.18 Å². The molecule has 2 aromatic rings. The van der Waals surface area contributed by atoms with Gasteiger partial charge in [-0.2, -0.15) is 13.2 Å². The van der Waals surface area contributed by atoms with Gasteiger partial charge in [0.1, 0.15) is 5.65 Å². The second-order valence-corrected chi connectivity index (χ2v) is 3.42. The zero-order chi connectivity index (χ0) is 12.8. The van der Waals surface area contributed by atoms with Crippen molar-refractivity contribution >= 4 is 18.1 Å². The van der Waals surface area contributed by atoms with Gasteiger partial charge in [0.2, 0.25) is 0 Å². The Kier molecular flexibility index (Phi) is 4.59. The third-order valence-electron chi connectivity index (χ3n) is 2.15. The molecule has 0 aliphatic carbocycles. The molecule has 0 radical (unpaired) electrons. The van der Waals surface area contributed by atoms with Gasteiger partial charge in [-0.1, -0.05) is 6.07 Å². The first-order valence-corrected chi connectivity index (χ1v) is 4.44. The SMILES string of the molecule is F[B-](F)(F)c1ccn2cc(C(F)(F)F)nc2c1.[K+]. The first-order chi connectivity index (χ1) is 7.68. The van der Waals surface area contributed by atoms with Gasteiger partial charge in [0.05, 0.1) is 0 Å². The summed E-state index contributed by atoms with van der Waals surface area (Å²) in [5.41, 5.74) is -2.57. The average molecular weight is 292 g/mol. The van der Waals surface area contributed by atoms with Crippen molar-refractivity contribution in [3.05, 3.63) is 30.2 Å². The number of nitrogens with zero attached hydrogens (tertiary/aromatic N) is 2. The van der Waals surface area contributed by atoms with Gasteiger partial charge in [-0.15, -0.1) is 5.46 Å². The second-order valence-electron chi connectivity index (χ2n) is 3.42. The van der Waals surface area contributed by atoms with E-state index in [0.29, 0.717) is 12.3 Å². The van der Waals surface area contributed by atoms with Gasteiger partial charge in [-0.3, -0.25) is 0 Å². The summed E-state index contributed by atoms with van der Waals surface area (Å²) in [5, 5.41) is 0. The molecule has 0 amide bonds. The summed E-state index contributed by atoms with van der Waals surface area (Å²) in [7, 11) is 0. The summed E-state index contributed by atoms with van der Waals surface area (Å²) in [6, 6.07) is 1.31. The number of rotatable bonds is 1. The van der Waals surface area contributed by atoms with Gasteiger partial charge in [0.25, 0.3) is 0 Å². The Morgan fingerprint density at radius 1 is 1.17 bits per heavy atom. The van der Waals surface area contributed by atoms with Gasteiger partial charge in [-0.25, -0.2) is 4.98 Å². The smallest absolute Gasteiger partial charge is 0.445 e. The Morgan fingerprint density at radius 3 is 2.28 bits per heavy atom. The van der Waals surface area contributed by atoms with Crippen molar-refractivity contribution in [2.75, 3.05) is 0 Å². The molecule has 2 nitrogen and oxygen atoms in total. The van der Waals surface area contributed by atoms with Gasteiger partial charge in [-0.05, 0) is 6.07 Å². The van der Waals surface area contributed by atoms with Crippen LogP contribution in [0.4, 0.5) is 26.1 Å². The molecule has 0 atom stereocenters. The maximum Gasteiger partial charge on any atom is 1.00 e. The zero-order valence-electron chi connectivity index (χ0n) is 9.05. The van der Waals surface area contributed by atoms with Crippen LogP contribution in [0.2, 0.25) is 0 Å². The quantitative estimate of drug-likeness (QED) is 0.507. The van der Waals surface area contributed by atoms with Crippen LogP contribution in [-0.4, -0.2) is 16.4 Å². The summed E-state index contributed by atoms with van der Waals surface area (Å²) in [6.45, 7) is -5.24. The molecule has 0 bridgehead atoms. The van der Waals surface area contributed by atoms with Crippen LogP contribution in [0.1, 0.15) is 5.69 Å². The van der Waals surface area contributed by atoms with Crippen LogP contribution in [0, 0.1) is 0 Å². The maximum absolute atomic E-state index is 12.4. The van der Waals surface area contributed by atoms with Crippen molar-refractivity contribution < 1.29 is 77.5 Å². The zero-order valence-corrected chi connectivity index (χ0v) is 12.2. The monoisotopic (exact) mass is 292 g/mol.